The summed E-state index contributed by atoms with van der Waals surface area (Å²) in [6.07, 6.45) is 6.08. The molecule has 0 unspecified atom stereocenters. The van der Waals surface area contributed by atoms with Gasteiger partial charge >= 0.3 is 0 Å². The lowest BCUT2D eigenvalue weighted by molar-refractivity contribution is -0.000216. The molecule has 3 rings (SSSR count). The highest BCUT2D eigenvalue weighted by Crippen LogP contribution is 2.26. The zero-order valence-electron chi connectivity index (χ0n) is 12.5. The zero-order chi connectivity index (χ0) is 14.7. The third-order valence-electron chi connectivity index (χ3n) is 4.34. The Hall–Kier alpha value is -1.40. The number of likely N-dealkylation sites (N-methyl/N-ethyl adjacent to an activating group) is 1. The van der Waals surface area contributed by atoms with Crippen LogP contribution in [-0.2, 0) is 9.47 Å². The standard InChI is InChI=1S/C15H23N3O3/c1-18(9-12-4-2-3-6-21-12)15(19)13-8-16-17-14(13)11-5-7-20-10-11/h8,11-12H,2-7,9-10H2,1H3,(H,16,17)/t11-,12+/m0/s1. The molecule has 6 heteroatoms. The van der Waals surface area contributed by atoms with Gasteiger partial charge in [-0.25, -0.2) is 0 Å². The second kappa shape index (κ2) is 6.58. The number of aromatic nitrogens is 2. The fourth-order valence-corrected chi connectivity index (χ4v) is 3.09. The van der Waals surface area contributed by atoms with Crippen LogP contribution in [0, 0.1) is 0 Å². The maximum atomic E-state index is 12.6. The van der Waals surface area contributed by atoms with E-state index in [0.717, 1.165) is 38.2 Å². The van der Waals surface area contributed by atoms with Gasteiger partial charge in [0.1, 0.15) is 0 Å². The number of hydrogen-bond donors (Lipinski definition) is 1. The summed E-state index contributed by atoms with van der Waals surface area (Å²) in [5.74, 6) is 0.269. The van der Waals surface area contributed by atoms with Gasteiger partial charge in [0, 0.05) is 32.7 Å². The van der Waals surface area contributed by atoms with Crippen molar-refractivity contribution in [2.45, 2.75) is 37.7 Å². The Morgan fingerprint density at radius 1 is 1.43 bits per heavy atom. The third kappa shape index (κ3) is 3.27. The van der Waals surface area contributed by atoms with Crippen molar-refractivity contribution in [1.29, 1.82) is 0 Å². The minimum atomic E-state index is 0.0137. The molecule has 0 radical (unpaired) electrons. The van der Waals surface area contributed by atoms with Crippen LogP contribution in [0.3, 0.4) is 0 Å². The van der Waals surface area contributed by atoms with Gasteiger partial charge in [0.2, 0.25) is 0 Å². The van der Waals surface area contributed by atoms with E-state index in [1.165, 1.54) is 6.42 Å². The second-order valence-corrected chi connectivity index (χ2v) is 5.93. The van der Waals surface area contributed by atoms with Gasteiger partial charge in [0.25, 0.3) is 5.91 Å². The van der Waals surface area contributed by atoms with Crippen molar-refractivity contribution in [2.75, 3.05) is 33.4 Å². The lowest BCUT2D eigenvalue weighted by atomic mass is 10.0. The first kappa shape index (κ1) is 14.5. The topological polar surface area (TPSA) is 67.5 Å². The summed E-state index contributed by atoms with van der Waals surface area (Å²) in [6, 6.07) is 0. The fourth-order valence-electron chi connectivity index (χ4n) is 3.09. The average Bonchev–Trinajstić information content (AvgIpc) is 3.18. The zero-order valence-corrected chi connectivity index (χ0v) is 12.5. The number of H-pyrrole nitrogens is 1. The minimum Gasteiger partial charge on any atom is -0.381 e. The van der Waals surface area contributed by atoms with Crippen LogP contribution >= 0.6 is 0 Å². The predicted molar refractivity (Wildman–Crippen MR) is 77.3 cm³/mol. The Balaban J connectivity index is 1.65. The Labute approximate surface area is 124 Å². The van der Waals surface area contributed by atoms with Gasteiger partial charge in [-0.3, -0.25) is 9.89 Å². The van der Waals surface area contributed by atoms with Crippen LogP contribution in [0.5, 0.6) is 0 Å². The molecule has 0 aromatic carbocycles. The quantitative estimate of drug-likeness (QED) is 0.914. The van der Waals surface area contributed by atoms with E-state index < -0.39 is 0 Å². The van der Waals surface area contributed by atoms with E-state index in [1.807, 2.05) is 7.05 Å². The van der Waals surface area contributed by atoms with Crippen molar-refractivity contribution in [1.82, 2.24) is 15.1 Å². The van der Waals surface area contributed by atoms with E-state index in [4.69, 9.17) is 9.47 Å². The van der Waals surface area contributed by atoms with E-state index in [2.05, 4.69) is 10.2 Å². The van der Waals surface area contributed by atoms with Gasteiger partial charge in [-0.05, 0) is 25.7 Å². The molecule has 116 valence electrons. The van der Waals surface area contributed by atoms with Crippen LogP contribution in [0.25, 0.3) is 0 Å². The highest BCUT2D eigenvalue weighted by Gasteiger charge is 2.27. The summed E-state index contributed by atoms with van der Waals surface area (Å²) >= 11 is 0. The number of ether oxygens (including phenoxy) is 2. The summed E-state index contributed by atoms with van der Waals surface area (Å²) in [6.45, 7) is 2.87. The normalized spacial score (nSPS) is 26.0. The molecule has 21 heavy (non-hydrogen) atoms. The number of rotatable bonds is 4. The predicted octanol–water partition coefficient (Wildman–Crippen LogP) is 1.55. The van der Waals surface area contributed by atoms with Gasteiger partial charge in [-0.15, -0.1) is 0 Å². The molecule has 0 spiro atoms. The van der Waals surface area contributed by atoms with Crippen LogP contribution in [0.15, 0.2) is 6.20 Å². The number of amides is 1. The number of nitrogens with zero attached hydrogens (tertiary/aromatic N) is 2. The highest BCUT2D eigenvalue weighted by atomic mass is 16.5. The molecule has 3 heterocycles. The van der Waals surface area contributed by atoms with Crippen molar-refractivity contribution >= 4 is 5.91 Å². The highest BCUT2D eigenvalue weighted by molar-refractivity contribution is 5.95. The minimum absolute atomic E-state index is 0.0137. The van der Waals surface area contributed by atoms with Crippen molar-refractivity contribution in [2.24, 2.45) is 0 Å². The number of hydrogen-bond acceptors (Lipinski definition) is 4. The Morgan fingerprint density at radius 2 is 2.33 bits per heavy atom. The SMILES string of the molecule is CN(C[C@H]1CCCCO1)C(=O)c1cn[nH]c1[C@H]1CCOC1. The lowest BCUT2D eigenvalue weighted by Gasteiger charge is -2.27. The first-order chi connectivity index (χ1) is 10.3. The average molecular weight is 293 g/mol. The van der Waals surface area contributed by atoms with Gasteiger partial charge in [-0.1, -0.05) is 0 Å². The van der Waals surface area contributed by atoms with Crippen molar-refractivity contribution in [3.8, 4) is 0 Å². The summed E-state index contributed by atoms with van der Waals surface area (Å²) in [4.78, 5) is 14.4. The molecule has 2 saturated heterocycles. The maximum Gasteiger partial charge on any atom is 0.257 e. The van der Waals surface area contributed by atoms with Crippen LogP contribution in [0.4, 0.5) is 0 Å². The molecule has 2 atom stereocenters. The van der Waals surface area contributed by atoms with Gasteiger partial charge in [0.05, 0.1) is 30.2 Å². The molecular formula is C15H23N3O3. The van der Waals surface area contributed by atoms with E-state index in [-0.39, 0.29) is 17.9 Å². The molecule has 1 N–H and O–H groups in total. The molecule has 0 saturated carbocycles. The summed E-state index contributed by atoms with van der Waals surface area (Å²) < 4.78 is 11.1. The number of aromatic amines is 1. The largest absolute Gasteiger partial charge is 0.381 e. The lowest BCUT2D eigenvalue weighted by Crippen LogP contribution is -2.37. The van der Waals surface area contributed by atoms with Crippen molar-refractivity contribution < 1.29 is 14.3 Å². The molecular weight excluding hydrogens is 270 g/mol. The molecule has 0 bridgehead atoms. The molecule has 1 aromatic rings. The van der Waals surface area contributed by atoms with Gasteiger partial charge in [-0.2, -0.15) is 5.10 Å². The van der Waals surface area contributed by atoms with Gasteiger partial charge < -0.3 is 14.4 Å². The van der Waals surface area contributed by atoms with Crippen LogP contribution in [0.2, 0.25) is 0 Å². The summed E-state index contributed by atoms with van der Waals surface area (Å²) in [7, 11) is 1.84. The molecule has 2 aliphatic heterocycles. The summed E-state index contributed by atoms with van der Waals surface area (Å²) in [5, 5.41) is 7.04. The van der Waals surface area contributed by atoms with E-state index in [9.17, 15) is 4.79 Å². The summed E-state index contributed by atoms with van der Waals surface area (Å²) in [5.41, 5.74) is 1.58. The van der Waals surface area contributed by atoms with Crippen LogP contribution in [-0.4, -0.2) is 60.5 Å². The fraction of sp³-hybridized carbons (Fsp3) is 0.733. The molecule has 1 aromatic heterocycles. The molecule has 6 nitrogen and oxygen atoms in total. The van der Waals surface area contributed by atoms with Crippen LogP contribution in [0.1, 0.15) is 47.7 Å². The van der Waals surface area contributed by atoms with E-state index in [1.54, 1.807) is 11.1 Å². The first-order valence-electron chi connectivity index (χ1n) is 7.74. The maximum absolute atomic E-state index is 12.6. The Bertz CT molecular complexity index is 476. The van der Waals surface area contributed by atoms with Crippen LogP contribution < -0.4 is 0 Å². The third-order valence-corrected chi connectivity index (χ3v) is 4.34. The van der Waals surface area contributed by atoms with Gasteiger partial charge in [0.15, 0.2) is 0 Å². The smallest absolute Gasteiger partial charge is 0.257 e. The molecule has 2 fully saturated rings. The van der Waals surface area contributed by atoms with E-state index >= 15 is 0 Å². The molecule has 0 aliphatic carbocycles. The Morgan fingerprint density at radius 3 is 3.05 bits per heavy atom. The molecule has 1 amide bonds. The monoisotopic (exact) mass is 293 g/mol. The first-order valence-corrected chi connectivity index (χ1v) is 7.74. The van der Waals surface area contributed by atoms with Crippen molar-refractivity contribution in [3.05, 3.63) is 17.5 Å². The molecule has 2 aliphatic rings. The number of carbonyl (C=O) groups excluding carboxylic acids is 1. The van der Waals surface area contributed by atoms with E-state index in [0.29, 0.717) is 18.7 Å². The number of nitrogens with one attached hydrogen (secondary N) is 1. The Kier molecular flexibility index (Phi) is 4.55. The second-order valence-electron chi connectivity index (χ2n) is 5.93. The number of carbonyl (C=O) groups is 1. The van der Waals surface area contributed by atoms with Crippen molar-refractivity contribution in [3.63, 3.8) is 0 Å².